The van der Waals surface area contributed by atoms with Gasteiger partial charge in [-0.2, -0.15) is 0 Å². The molecule has 0 aliphatic rings. The Kier molecular flexibility index (Phi) is 9.52. The third-order valence-corrected chi connectivity index (χ3v) is 4.07. The Balaban J connectivity index is 2.59. The standard InChI is InChI=1S/C21H35N3O2/c1-14(2)21(26)19(24-16(5)6)11-17-7-9-18(10-8-17)12-23-20(25)13-22-15(3)4/h7-10,14-16,19,22,24H,11-13H2,1-6H3,(H,23,25)/t19-/m0/s1. The zero-order valence-electron chi connectivity index (χ0n) is 17.1. The van der Waals surface area contributed by atoms with Crippen molar-refractivity contribution in [1.82, 2.24) is 16.0 Å². The van der Waals surface area contributed by atoms with Crippen molar-refractivity contribution in [2.75, 3.05) is 6.54 Å². The molecular formula is C21H35N3O2. The van der Waals surface area contributed by atoms with Gasteiger partial charge in [0.15, 0.2) is 5.78 Å². The minimum absolute atomic E-state index is 0.00787. The van der Waals surface area contributed by atoms with E-state index in [1.165, 1.54) is 0 Å². The van der Waals surface area contributed by atoms with Crippen LogP contribution in [-0.4, -0.2) is 36.4 Å². The number of nitrogens with one attached hydrogen (secondary N) is 3. The van der Waals surface area contributed by atoms with E-state index in [0.29, 0.717) is 25.6 Å². The molecular weight excluding hydrogens is 326 g/mol. The Bertz CT molecular complexity index is 565. The fourth-order valence-corrected chi connectivity index (χ4v) is 2.64. The third-order valence-electron chi connectivity index (χ3n) is 4.07. The van der Waals surface area contributed by atoms with Gasteiger partial charge in [-0.1, -0.05) is 65.8 Å². The summed E-state index contributed by atoms with van der Waals surface area (Å²) in [4.78, 5) is 24.2. The summed E-state index contributed by atoms with van der Waals surface area (Å²) in [6.07, 6.45) is 0.681. The second-order valence-corrected chi connectivity index (χ2v) is 7.76. The van der Waals surface area contributed by atoms with Crippen LogP contribution in [0.2, 0.25) is 0 Å². The van der Waals surface area contributed by atoms with E-state index in [9.17, 15) is 9.59 Å². The Labute approximate surface area is 158 Å². The van der Waals surface area contributed by atoms with Crippen LogP contribution in [0.1, 0.15) is 52.7 Å². The van der Waals surface area contributed by atoms with E-state index in [1.54, 1.807) is 0 Å². The van der Waals surface area contributed by atoms with Gasteiger partial charge in [0.05, 0.1) is 12.6 Å². The Morgan fingerprint density at radius 3 is 1.96 bits per heavy atom. The number of Topliss-reactive ketones (excluding diaryl/α,β-unsaturated/α-hetero) is 1. The third kappa shape index (κ3) is 8.59. The molecule has 0 radical (unpaired) electrons. The summed E-state index contributed by atoms with van der Waals surface area (Å²) in [5.74, 6) is 0.249. The van der Waals surface area contributed by atoms with Gasteiger partial charge < -0.3 is 16.0 Å². The molecule has 146 valence electrons. The van der Waals surface area contributed by atoms with Crippen molar-refractivity contribution in [3.63, 3.8) is 0 Å². The summed E-state index contributed by atoms with van der Waals surface area (Å²) < 4.78 is 0. The first-order valence-corrected chi connectivity index (χ1v) is 9.56. The van der Waals surface area contributed by atoms with Gasteiger partial charge in [-0.15, -0.1) is 0 Å². The van der Waals surface area contributed by atoms with Crippen LogP contribution < -0.4 is 16.0 Å². The van der Waals surface area contributed by atoms with Crippen LogP contribution in [0.5, 0.6) is 0 Å². The molecule has 26 heavy (non-hydrogen) atoms. The Morgan fingerprint density at radius 1 is 0.885 bits per heavy atom. The molecule has 1 aromatic rings. The van der Waals surface area contributed by atoms with Crippen LogP contribution >= 0.6 is 0 Å². The molecule has 0 saturated heterocycles. The highest BCUT2D eigenvalue weighted by atomic mass is 16.2. The fourth-order valence-electron chi connectivity index (χ4n) is 2.64. The number of carbonyl (C=O) groups excluding carboxylic acids is 2. The molecule has 0 aromatic heterocycles. The first-order chi connectivity index (χ1) is 12.2. The predicted octanol–water partition coefficient (Wildman–Crippen LogP) is 2.44. The summed E-state index contributed by atoms with van der Waals surface area (Å²) in [6, 6.07) is 8.49. The van der Waals surface area contributed by atoms with Gasteiger partial charge in [0, 0.05) is 24.5 Å². The van der Waals surface area contributed by atoms with E-state index < -0.39 is 0 Å². The molecule has 0 bridgehead atoms. The molecule has 1 aromatic carbocycles. The molecule has 1 amide bonds. The maximum atomic E-state index is 12.4. The monoisotopic (exact) mass is 361 g/mol. The van der Waals surface area contributed by atoms with Crippen molar-refractivity contribution in [2.24, 2.45) is 5.92 Å². The first-order valence-electron chi connectivity index (χ1n) is 9.56. The zero-order chi connectivity index (χ0) is 19.7. The summed E-state index contributed by atoms with van der Waals surface area (Å²) in [6.45, 7) is 12.9. The van der Waals surface area contributed by atoms with Crippen molar-refractivity contribution in [3.8, 4) is 0 Å². The van der Waals surface area contributed by atoms with Crippen LogP contribution in [0.15, 0.2) is 24.3 Å². The molecule has 5 heteroatoms. The lowest BCUT2D eigenvalue weighted by Crippen LogP contribution is -2.44. The number of hydrogen-bond acceptors (Lipinski definition) is 4. The summed E-state index contributed by atoms with van der Waals surface area (Å²) >= 11 is 0. The van der Waals surface area contributed by atoms with Gasteiger partial charge in [-0.25, -0.2) is 0 Å². The van der Waals surface area contributed by atoms with E-state index in [-0.39, 0.29) is 29.7 Å². The fraction of sp³-hybridized carbons (Fsp3) is 0.619. The quantitative estimate of drug-likeness (QED) is 0.566. The Morgan fingerprint density at radius 2 is 1.46 bits per heavy atom. The Hall–Kier alpha value is -1.72. The normalized spacial score (nSPS) is 12.7. The van der Waals surface area contributed by atoms with Crippen LogP contribution in [0, 0.1) is 5.92 Å². The van der Waals surface area contributed by atoms with Gasteiger partial charge in [0.2, 0.25) is 5.91 Å². The summed E-state index contributed by atoms with van der Waals surface area (Å²) in [7, 11) is 0. The lowest BCUT2D eigenvalue weighted by atomic mass is 9.95. The molecule has 0 spiro atoms. The first kappa shape index (κ1) is 22.3. The predicted molar refractivity (Wildman–Crippen MR) is 107 cm³/mol. The van der Waals surface area contributed by atoms with E-state index in [4.69, 9.17) is 0 Å². The molecule has 0 saturated carbocycles. The molecule has 0 aliphatic heterocycles. The second-order valence-electron chi connectivity index (χ2n) is 7.76. The number of amides is 1. The average Bonchev–Trinajstić information content (AvgIpc) is 2.57. The number of rotatable bonds is 11. The maximum Gasteiger partial charge on any atom is 0.234 e. The summed E-state index contributed by atoms with van der Waals surface area (Å²) in [5, 5.41) is 9.38. The van der Waals surface area contributed by atoms with Gasteiger partial charge >= 0.3 is 0 Å². The van der Waals surface area contributed by atoms with Crippen LogP contribution in [0.4, 0.5) is 0 Å². The van der Waals surface area contributed by atoms with Crippen molar-refractivity contribution in [2.45, 2.75) is 72.6 Å². The molecule has 1 rings (SSSR count). The van der Waals surface area contributed by atoms with Crippen LogP contribution in [-0.2, 0) is 22.6 Å². The van der Waals surface area contributed by atoms with Crippen LogP contribution in [0.3, 0.4) is 0 Å². The van der Waals surface area contributed by atoms with Crippen molar-refractivity contribution in [3.05, 3.63) is 35.4 Å². The minimum Gasteiger partial charge on any atom is -0.351 e. The lowest BCUT2D eigenvalue weighted by molar-refractivity contribution is -0.124. The molecule has 1 atom stereocenters. The largest absolute Gasteiger partial charge is 0.351 e. The molecule has 3 N–H and O–H groups in total. The number of carbonyl (C=O) groups is 2. The van der Waals surface area contributed by atoms with Crippen LogP contribution in [0.25, 0.3) is 0 Å². The molecule has 0 heterocycles. The van der Waals surface area contributed by atoms with Gasteiger partial charge in [-0.05, 0) is 17.5 Å². The molecule has 5 nitrogen and oxygen atoms in total. The highest BCUT2D eigenvalue weighted by Gasteiger charge is 2.22. The van der Waals surface area contributed by atoms with Gasteiger partial charge in [0.25, 0.3) is 0 Å². The second kappa shape index (κ2) is 11.1. The molecule has 0 unspecified atom stereocenters. The molecule has 0 aliphatic carbocycles. The van der Waals surface area contributed by atoms with E-state index in [1.807, 2.05) is 52.0 Å². The maximum absolute atomic E-state index is 12.4. The SMILES string of the molecule is CC(C)NCC(=O)NCc1ccc(C[C@H](NC(C)C)C(=O)C(C)C)cc1. The average molecular weight is 362 g/mol. The lowest BCUT2D eigenvalue weighted by Gasteiger charge is -2.22. The topological polar surface area (TPSA) is 70.2 Å². The van der Waals surface area contributed by atoms with Gasteiger partial charge in [-0.3, -0.25) is 9.59 Å². The highest BCUT2D eigenvalue weighted by molar-refractivity contribution is 5.86. The molecule has 0 fully saturated rings. The van der Waals surface area contributed by atoms with Crippen molar-refractivity contribution >= 4 is 11.7 Å². The summed E-state index contributed by atoms with van der Waals surface area (Å²) in [5.41, 5.74) is 2.17. The zero-order valence-corrected chi connectivity index (χ0v) is 17.1. The van der Waals surface area contributed by atoms with Crippen molar-refractivity contribution < 1.29 is 9.59 Å². The number of ketones is 1. The highest BCUT2D eigenvalue weighted by Crippen LogP contribution is 2.11. The number of benzene rings is 1. The van der Waals surface area contributed by atoms with E-state index >= 15 is 0 Å². The number of hydrogen-bond donors (Lipinski definition) is 3. The minimum atomic E-state index is -0.164. The van der Waals surface area contributed by atoms with Gasteiger partial charge in [0.1, 0.15) is 0 Å². The van der Waals surface area contributed by atoms with Crippen molar-refractivity contribution in [1.29, 1.82) is 0 Å². The smallest absolute Gasteiger partial charge is 0.234 e. The van der Waals surface area contributed by atoms with E-state index in [2.05, 4.69) is 29.8 Å². The van der Waals surface area contributed by atoms with E-state index in [0.717, 1.165) is 11.1 Å².